The second-order valence-corrected chi connectivity index (χ2v) is 7.36. The van der Waals surface area contributed by atoms with Crippen LogP contribution < -0.4 is 11.1 Å². The van der Waals surface area contributed by atoms with Crippen molar-refractivity contribution < 1.29 is 9.59 Å². The molecule has 0 saturated carbocycles. The van der Waals surface area contributed by atoms with Crippen LogP contribution in [0.4, 0.5) is 4.79 Å². The second kappa shape index (κ2) is 7.70. The number of rotatable bonds is 5. The molecule has 1 aliphatic heterocycles. The van der Waals surface area contributed by atoms with Gasteiger partial charge in [-0.1, -0.05) is 30.3 Å². The smallest absolute Gasteiger partial charge is 0.312 e. The Labute approximate surface area is 151 Å². The number of nitrogens with zero attached hydrogens (tertiary/aromatic N) is 1. The first-order valence-electron chi connectivity index (χ1n) is 8.50. The van der Waals surface area contributed by atoms with Gasteiger partial charge in [0.25, 0.3) is 0 Å². The molecule has 2 unspecified atom stereocenters. The number of primary amides is 1. The molecule has 0 spiro atoms. The Kier molecular flexibility index (Phi) is 5.38. The molecule has 0 radical (unpaired) electrons. The van der Waals surface area contributed by atoms with E-state index in [1.165, 1.54) is 22.5 Å². The van der Waals surface area contributed by atoms with Gasteiger partial charge < -0.3 is 16.0 Å². The summed E-state index contributed by atoms with van der Waals surface area (Å²) in [5.41, 5.74) is 7.71. The topological polar surface area (TPSA) is 75.4 Å². The van der Waals surface area contributed by atoms with E-state index in [1.54, 1.807) is 0 Å². The fourth-order valence-electron chi connectivity index (χ4n) is 3.53. The molecule has 3 N–H and O–H groups in total. The van der Waals surface area contributed by atoms with E-state index in [1.807, 2.05) is 34.5 Å². The molecule has 3 rings (SSSR count). The number of hydrogen-bond donors (Lipinski definition) is 2. The lowest BCUT2D eigenvalue weighted by Gasteiger charge is -2.28. The van der Waals surface area contributed by atoms with Crippen molar-refractivity contribution in [2.75, 3.05) is 6.54 Å². The van der Waals surface area contributed by atoms with Gasteiger partial charge in [-0.15, -0.1) is 11.3 Å². The van der Waals surface area contributed by atoms with Crippen LogP contribution in [0, 0.1) is 6.92 Å². The highest BCUT2D eigenvalue weighted by Gasteiger charge is 2.32. The maximum absolute atomic E-state index is 13.0. The maximum Gasteiger partial charge on any atom is 0.312 e. The van der Waals surface area contributed by atoms with Crippen LogP contribution in [-0.2, 0) is 4.79 Å². The molecular weight excluding hydrogens is 334 g/mol. The highest BCUT2D eigenvalue weighted by atomic mass is 32.1. The second-order valence-electron chi connectivity index (χ2n) is 6.38. The summed E-state index contributed by atoms with van der Waals surface area (Å²) in [6, 6.07) is 11.2. The van der Waals surface area contributed by atoms with Crippen LogP contribution in [0.5, 0.6) is 0 Å². The number of carbonyl (C=O) groups is 2. The Morgan fingerprint density at radius 2 is 2.12 bits per heavy atom. The molecule has 2 heterocycles. The van der Waals surface area contributed by atoms with E-state index in [0.717, 1.165) is 24.3 Å². The molecule has 1 aromatic carbocycles. The summed E-state index contributed by atoms with van der Waals surface area (Å²) in [6.45, 7) is 2.84. The predicted molar refractivity (Wildman–Crippen MR) is 99.3 cm³/mol. The van der Waals surface area contributed by atoms with Gasteiger partial charge in [-0.2, -0.15) is 0 Å². The van der Waals surface area contributed by atoms with Gasteiger partial charge in [-0.3, -0.25) is 4.79 Å². The minimum atomic E-state index is -0.608. The average molecular weight is 357 g/mol. The van der Waals surface area contributed by atoms with E-state index in [9.17, 15) is 9.59 Å². The lowest BCUT2D eigenvalue weighted by molar-refractivity contribution is -0.132. The van der Waals surface area contributed by atoms with Crippen molar-refractivity contribution in [2.45, 2.75) is 38.3 Å². The van der Waals surface area contributed by atoms with E-state index in [2.05, 4.69) is 24.4 Å². The first-order valence-corrected chi connectivity index (χ1v) is 9.38. The van der Waals surface area contributed by atoms with Crippen molar-refractivity contribution in [2.24, 2.45) is 5.73 Å². The highest BCUT2D eigenvalue weighted by molar-refractivity contribution is 7.10. The summed E-state index contributed by atoms with van der Waals surface area (Å²) < 4.78 is 0. The number of benzene rings is 1. The third-order valence-electron chi connectivity index (χ3n) is 4.70. The van der Waals surface area contributed by atoms with E-state index in [-0.39, 0.29) is 24.4 Å². The van der Waals surface area contributed by atoms with Crippen LogP contribution in [0.15, 0.2) is 41.8 Å². The zero-order valence-electron chi connectivity index (χ0n) is 14.3. The number of thiophene rings is 1. The van der Waals surface area contributed by atoms with Crippen molar-refractivity contribution in [1.29, 1.82) is 0 Å². The van der Waals surface area contributed by atoms with Gasteiger partial charge in [0.2, 0.25) is 5.91 Å². The number of likely N-dealkylation sites (tertiary alicyclic amines) is 1. The molecule has 2 aromatic rings. The summed E-state index contributed by atoms with van der Waals surface area (Å²) in [5.74, 6) is 0.0536. The number of nitrogens with one attached hydrogen (secondary N) is 1. The molecule has 3 amide bonds. The standard InChI is InChI=1S/C19H23N3O2S/c1-13-6-2-3-7-14(13)16-8-4-10-22(16)18(23)12-15(21-19(20)24)17-9-5-11-25-17/h2-3,5-7,9,11,15-16H,4,8,10,12H2,1H3,(H3,20,21,24). The molecule has 6 heteroatoms. The molecule has 1 aliphatic rings. The number of nitrogens with two attached hydrogens (primary N) is 1. The molecule has 1 aromatic heterocycles. The summed E-state index contributed by atoms with van der Waals surface area (Å²) in [4.78, 5) is 27.2. The van der Waals surface area contributed by atoms with Crippen LogP contribution in [0.1, 0.15) is 47.4 Å². The van der Waals surface area contributed by atoms with Gasteiger partial charge in [0, 0.05) is 11.4 Å². The Bertz CT molecular complexity index is 745. The molecule has 1 saturated heterocycles. The molecule has 2 atom stereocenters. The monoisotopic (exact) mass is 357 g/mol. The van der Waals surface area contributed by atoms with Gasteiger partial charge in [-0.25, -0.2) is 4.79 Å². The summed E-state index contributed by atoms with van der Waals surface area (Å²) in [5, 5.41) is 4.64. The number of urea groups is 1. The molecule has 5 nitrogen and oxygen atoms in total. The largest absolute Gasteiger partial charge is 0.352 e. The third kappa shape index (κ3) is 4.02. The van der Waals surface area contributed by atoms with Gasteiger partial charge in [0.15, 0.2) is 0 Å². The summed E-state index contributed by atoms with van der Waals surface area (Å²) >= 11 is 1.52. The van der Waals surface area contributed by atoms with E-state index < -0.39 is 6.03 Å². The van der Waals surface area contributed by atoms with Crippen LogP contribution in [0.3, 0.4) is 0 Å². The predicted octanol–water partition coefficient (Wildman–Crippen LogP) is 3.52. The first-order chi connectivity index (χ1) is 12.1. The normalized spacial score (nSPS) is 18.1. The molecule has 1 fully saturated rings. The van der Waals surface area contributed by atoms with Gasteiger partial charge in [0.1, 0.15) is 0 Å². The zero-order chi connectivity index (χ0) is 17.8. The van der Waals surface area contributed by atoms with Crippen LogP contribution in [-0.4, -0.2) is 23.4 Å². The summed E-state index contributed by atoms with van der Waals surface area (Å²) in [6.07, 6.45) is 2.20. The molecule has 25 heavy (non-hydrogen) atoms. The van der Waals surface area contributed by atoms with Crippen molar-refractivity contribution in [1.82, 2.24) is 10.2 Å². The zero-order valence-corrected chi connectivity index (χ0v) is 15.1. The van der Waals surface area contributed by atoms with Gasteiger partial charge in [-0.05, 0) is 42.3 Å². The SMILES string of the molecule is Cc1ccccc1C1CCCN1C(=O)CC(NC(N)=O)c1cccs1. The molecular formula is C19H23N3O2S. The van der Waals surface area contributed by atoms with Crippen LogP contribution in [0.25, 0.3) is 0 Å². The minimum Gasteiger partial charge on any atom is -0.352 e. The molecule has 0 bridgehead atoms. The Hall–Kier alpha value is -2.34. The van der Waals surface area contributed by atoms with Crippen molar-refractivity contribution in [3.05, 3.63) is 57.8 Å². The number of carbonyl (C=O) groups excluding carboxylic acids is 2. The quantitative estimate of drug-likeness (QED) is 0.859. The van der Waals surface area contributed by atoms with Gasteiger partial charge >= 0.3 is 6.03 Å². The Morgan fingerprint density at radius 3 is 2.80 bits per heavy atom. The van der Waals surface area contributed by atoms with Crippen molar-refractivity contribution in [3.63, 3.8) is 0 Å². The van der Waals surface area contributed by atoms with E-state index in [0.29, 0.717) is 0 Å². The maximum atomic E-state index is 13.0. The Balaban J connectivity index is 1.76. The minimum absolute atomic E-state index is 0.0536. The van der Waals surface area contributed by atoms with Gasteiger partial charge in [0.05, 0.1) is 18.5 Å². The number of amides is 3. The molecule has 132 valence electrons. The number of aryl methyl sites for hydroxylation is 1. The van der Waals surface area contributed by atoms with Crippen LogP contribution >= 0.6 is 11.3 Å². The van der Waals surface area contributed by atoms with E-state index in [4.69, 9.17) is 5.73 Å². The van der Waals surface area contributed by atoms with Crippen molar-refractivity contribution in [3.8, 4) is 0 Å². The lowest BCUT2D eigenvalue weighted by Crippen LogP contribution is -2.38. The fourth-order valence-corrected chi connectivity index (χ4v) is 4.30. The average Bonchev–Trinajstić information content (AvgIpc) is 3.26. The van der Waals surface area contributed by atoms with Crippen molar-refractivity contribution >= 4 is 23.3 Å². The first kappa shape index (κ1) is 17.5. The highest BCUT2D eigenvalue weighted by Crippen LogP contribution is 2.35. The fraction of sp³-hybridized carbons (Fsp3) is 0.368. The lowest BCUT2D eigenvalue weighted by atomic mass is 9.99. The number of hydrogen-bond acceptors (Lipinski definition) is 3. The molecule has 0 aliphatic carbocycles. The van der Waals surface area contributed by atoms with Crippen LogP contribution in [0.2, 0.25) is 0 Å². The summed E-state index contributed by atoms with van der Waals surface area (Å²) in [7, 11) is 0. The third-order valence-corrected chi connectivity index (χ3v) is 5.69. The Morgan fingerprint density at radius 1 is 1.32 bits per heavy atom. The van der Waals surface area contributed by atoms with E-state index >= 15 is 0 Å².